The fraction of sp³-hybridized carbons (Fsp3) is 0.533. The number of benzene rings is 1. The number of amides is 1. The molecule has 0 aliphatic carbocycles. The number of nitrogens with two attached hydrogens (primary N) is 1. The van der Waals surface area contributed by atoms with E-state index in [1.807, 2.05) is 32.2 Å². The van der Waals surface area contributed by atoms with Gasteiger partial charge < -0.3 is 15.4 Å². The number of carbonyl (C=O) groups excluding carboxylic acids is 1. The molecule has 4 nitrogen and oxygen atoms in total. The van der Waals surface area contributed by atoms with Gasteiger partial charge >= 0.3 is 0 Å². The first kappa shape index (κ1) is 19.4. The number of rotatable bonds is 3. The Labute approximate surface area is 147 Å². The van der Waals surface area contributed by atoms with Gasteiger partial charge in [-0.1, -0.05) is 11.6 Å². The van der Waals surface area contributed by atoms with Gasteiger partial charge in [0, 0.05) is 21.9 Å². The summed E-state index contributed by atoms with van der Waals surface area (Å²) in [5.41, 5.74) is 7.08. The van der Waals surface area contributed by atoms with E-state index in [2.05, 4.69) is 0 Å². The van der Waals surface area contributed by atoms with Crippen LogP contribution in [0.25, 0.3) is 0 Å². The minimum atomic E-state index is -0.548. The van der Waals surface area contributed by atoms with E-state index < -0.39 is 6.04 Å². The standard InChI is InChI=1S/C15H21ClN2O2S.ClH/c1-15(2,21-3)13(17)14(19)18-6-7-20-12-5-4-11(16)8-10(12)9-18;/h4-5,8,13H,6-7,9,17H2,1-3H3;1H/t13-;/m1./s1. The zero-order valence-electron chi connectivity index (χ0n) is 13.0. The summed E-state index contributed by atoms with van der Waals surface area (Å²) in [6.07, 6.45) is 1.97. The van der Waals surface area contributed by atoms with Crippen LogP contribution >= 0.6 is 35.8 Å². The van der Waals surface area contributed by atoms with E-state index in [9.17, 15) is 4.79 Å². The quantitative estimate of drug-likeness (QED) is 0.895. The Morgan fingerprint density at radius 2 is 2.18 bits per heavy atom. The molecule has 0 bridgehead atoms. The molecule has 2 N–H and O–H groups in total. The molecule has 1 aromatic rings. The highest BCUT2D eigenvalue weighted by atomic mass is 35.5. The lowest BCUT2D eigenvalue weighted by Gasteiger charge is -2.32. The molecule has 2 rings (SSSR count). The summed E-state index contributed by atoms with van der Waals surface area (Å²) < 4.78 is 5.37. The molecule has 1 aliphatic heterocycles. The van der Waals surface area contributed by atoms with E-state index in [1.165, 1.54) is 0 Å². The Kier molecular flexibility index (Phi) is 6.86. The summed E-state index contributed by atoms with van der Waals surface area (Å²) in [5.74, 6) is 0.734. The maximum Gasteiger partial charge on any atom is 0.241 e. The van der Waals surface area contributed by atoms with Crippen molar-refractivity contribution >= 4 is 41.7 Å². The summed E-state index contributed by atoms with van der Waals surface area (Å²) in [4.78, 5) is 14.4. The zero-order chi connectivity index (χ0) is 15.6. The smallest absolute Gasteiger partial charge is 0.241 e. The van der Waals surface area contributed by atoms with E-state index >= 15 is 0 Å². The molecule has 7 heteroatoms. The summed E-state index contributed by atoms with van der Waals surface area (Å²) in [5, 5.41) is 0.639. The molecule has 0 aromatic heterocycles. The summed E-state index contributed by atoms with van der Waals surface area (Å²) >= 11 is 7.62. The van der Waals surface area contributed by atoms with Crippen LogP contribution in [-0.2, 0) is 11.3 Å². The number of hydrogen-bond donors (Lipinski definition) is 1. The Morgan fingerprint density at radius 3 is 2.82 bits per heavy atom. The maximum atomic E-state index is 12.7. The number of ether oxygens (including phenoxy) is 1. The topological polar surface area (TPSA) is 55.6 Å². The molecule has 1 amide bonds. The molecule has 0 unspecified atom stereocenters. The minimum Gasteiger partial charge on any atom is -0.491 e. The first-order chi connectivity index (χ1) is 9.85. The van der Waals surface area contributed by atoms with E-state index in [0.717, 1.165) is 11.3 Å². The van der Waals surface area contributed by atoms with Crippen molar-refractivity contribution in [1.82, 2.24) is 4.90 Å². The van der Waals surface area contributed by atoms with Gasteiger partial charge in [-0.3, -0.25) is 4.79 Å². The molecular formula is C15H22Cl2N2O2S. The van der Waals surface area contributed by atoms with Crippen LogP contribution in [0.15, 0.2) is 18.2 Å². The van der Waals surface area contributed by atoms with Crippen molar-refractivity contribution in [3.8, 4) is 5.75 Å². The van der Waals surface area contributed by atoms with Gasteiger partial charge in [0.25, 0.3) is 0 Å². The van der Waals surface area contributed by atoms with Crippen LogP contribution in [0.3, 0.4) is 0 Å². The summed E-state index contributed by atoms with van der Waals surface area (Å²) in [6, 6.07) is 4.93. The largest absolute Gasteiger partial charge is 0.491 e. The predicted octanol–water partition coefficient (Wildman–Crippen LogP) is 2.95. The lowest BCUT2D eigenvalue weighted by molar-refractivity contribution is -0.133. The van der Waals surface area contributed by atoms with Crippen molar-refractivity contribution in [2.75, 3.05) is 19.4 Å². The van der Waals surface area contributed by atoms with E-state index in [0.29, 0.717) is 24.7 Å². The maximum absolute atomic E-state index is 12.7. The molecule has 1 aromatic carbocycles. The average Bonchev–Trinajstić information content (AvgIpc) is 2.67. The zero-order valence-corrected chi connectivity index (χ0v) is 15.4. The number of halogens is 2. The van der Waals surface area contributed by atoms with Crippen molar-refractivity contribution in [3.05, 3.63) is 28.8 Å². The minimum absolute atomic E-state index is 0. The molecule has 0 radical (unpaired) electrons. The normalized spacial score (nSPS) is 16.0. The monoisotopic (exact) mass is 364 g/mol. The molecule has 0 saturated heterocycles. The third kappa shape index (κ3) is 4.22. The summed E-state index contributed by atoms with van der Waals surface area (Å²) in [6.45, 7) is 5.45. The average molecular weight is 365 g/mol. The lowest BCUT2D eigenvalue weighted by Crippen LogP contribution is -2.53. The van der Waals surface area contributed by atoms with Crippen molar-refractivity contribution in [1.29, 1.82) is 0 Å². The first-order valence-electron chi connectivity index (χ1n) is 6.86. The Balaban J connectivity index is 0.00000242. The van der Waals surface area contributed by atoms with Crippen LogP contribution in [0.5, 0.6) is 5.75 Å². The van der Waals surface area contributed by atoms with E-state index in [4.69, 9.17) is 22.1 Å². The molecule has 1 aliphatic rings. The van der Waals surface area contributed by atoms with E-state index in [1.54, 1.807) is 22.7 Å². The van der Waals surface area contributed by atoms with Crippen LogP contribution in [0.4, 0.5) is 0 Å². The second kappa shape index (κ2) is 7.77. The van der Waals surface area contributed by atoms with Gasteiger partial charge in [0.1, 0.15) is 12.4 Å². The highest BCUT2D eigenvalue weighted by Crippen LogP contribution is 2.29. The van der Waals surface area contributed by atoms with Gasteiger partial charge in [-0.15, -0.1) is 12.4 Å². The van der Waals surface area contributed by atoms with Gasteiger partial charge in [0.15, 0.2) is 0 Å². The van der Waals surface area contributed by atoms with Gasteiger partial charge in [-0.25, -0.2) is 0 Å². The van der Waals surface area contributed by atoms with Crippen LogP contribution in [0, 0.1) is 0 Å². The molecule has 1 heterocycles. The van der Waals surface area contributed by atoms with Crippen LogP contribution in [0.1, 0.15) is 19.4 Å². The van der Waals surface area contributed by atoms with Crippen molar-refractivity contribution < 1.29 is 9.53 Å². The van der Waals surface area contributed by atoms with Crippen molar-refractivity contribution in [2.45, 2.75) is 31.2 Å². The van der Waals surface area contributed by atoms with Crippen LogP contribution in [-0.4, -0.2) is 41.0 Å². The molecule has 0 fully saturated rings. The number of thioether (sulfide) groups is 1. The highest BCUT2D eigenvalue weighted by molar-refractivity contribution is 8.00. The third-order valence-corrected chi connectivity index (χ3v) is 5.40. The van der Waals surface area contributed by atoms with Crippen molar-refractivity contribution in [3.63, 3.8) is 0 Å². The number of nitrogens with zero attached hydrogens (tertiary/aromatic N) is 1. The molecule has 124 valence electrons. The molecule has 0 saturated carbocycles. The first-order valence-corrected chi connectivity index (χ1v) is 8.46. The van der Waals surface area contributed by atoms with Crippen LogP contribution < -0.4 is 10.5 Å². The molecule has 1 atom stereocenters. The second-order valence-electron chi connectivity index (χ2n) is 5.65. The third-order valence-electron chi connectivity index (χ3n) is 3.86. The number of hydrogen-bond acceptors (Lipinski definition) is 4. The Hall–Kier alpha value is -0.620. The fourth-order valence-electron chi connectivity index (χ4n) is 2.17. The molecule has 22 heavy (non-hydrogen) atoms. The predicted molar refractivity (Wildman–Crippen MR) is 95.2 cm³/mol. The van der Waals surface area contributed by atoms with Gasteiger partial charge in [-0.2, -0.15) is 11.8 Å². The lowest BCUT2D eigenvalue weighted by atomic mass is 10.0. The van der Waals surface area contributed by atoms with Gasteiger partial charge in [0.2, 0.25) is 5.91 Å². The molecule has 0 spiro atoms. The number of fused-ring (bicyclic) bond motifs is 1. The van der Waals surface area contributed by atoms with Gasteiger partial charge in [0.05, 0.1) is 12.6 Å². The van der Waals surface area contributed by atoms with Gasteiger partial charge in [-0.05, 0) is 38.3 Å². The Bertz CT molecular complexity index is 540. The summed E-state index contributed by atoms with van der Waals surface area (Å²) in [7, 11) is 0. The van der Waals surface area contributed by atoms with Crippen molar-refractivity contribution in [2.24, 2.45) is 5.73 Å². The molecular weight excluding hydrogens is 343 g/mol. The van der Waals surface area contributed by atoms with Crippen LogP contribution in [0.2, 0.25) is 5.02 Å². The Morgan fingerprint density at radius 1 is 1.50 bits per heavy atom. The highest BCUT2D eigenvalue weighted by Gasteiger charge is 2.35. The fourth-order valence-corrected chi connectivity index (χ4v) is 2.72. The number of carbonyl (C=O) groups is 1. The SMILES string of the molecule is CSC(C)(C)[C@H](N)C(=O)N1CCOc2ccc(Cl)cc2C1.Cl. The van der Waals surface area contributed by atoms with E-state index in [-0.39, 0.29) is 23.1 Å². The second-order valence-corrected chi connectivity index (χ2v) is 7.54.